The average Bonchev–Trinajstić information content (AvgIpc) is 3.75. The van der Waals surface area contributed by atoms with Gasteiger partial charge in [-0.3, -0.25) is 9.36 Å². The topological polar surface area (TPSA) is 111 Å². The number of nitrogens with zero attached hydrogens (tertiary/aromatic N) is 2. The van der Waals surface area contributed by atoms with Gasteiger partial charge >= 0.3 is 11.9 Å². The lowest BCUT2D eigenvalue weighted by Gasteiger charge is -2.24. The summed E-state index contributed by atoms with van der Waals surface area (Å²) < 4.78 is 13.5. The predicted octanol–water partition coefficient (Wildman–Crippen LogP) is 5.26. The molecule has 10 heteroatoms. The fourth-order valence-electron chi connectivity index (χ4n) is 4.88. The summed E-state index contributed by atoms with van der Waals surface area (Å²) in [5, 5.41) is 11.3. The van der Waals surface area contributed by atoms with Crippen molar-refractivity contribution in [3.63, 3.8) is 0 Å². The number of thiophene rings is 1. The maximum absolute atomic E-state index is 13.9. The number of carboxylic acids is 1. The molecule has 0 saturated carbocycles. The van der Waals surface area contributed by atoms with Crippen molar-refractivity contribution in [2.45, 2.75) is 19.9 Å². The summed E-state index contributed by atoms with van der Waals surface area (Å²) in [7, 11) is 0. The Balaban J connectivity index is 1.52. The molecular weight excluding hydrogens is 572 g/mol. The zero-order valence-corrected chi connectivity index (χ0v) is 24.2. The molecule has 0 unspecified atom stereocenters. The normalized spacial score (nSPS) is 14.9. The second-order valence-corrected chi connectivity index (χ2v) is 11.5. The monoisotopic (exact) mass is 596 g/mol. The van der Waals surface area contributed by atoms with E-state index in [9.17, 15) is 19.5 Å². The molecule has 3 aromatic heterocycles. The van der Waals surface area contributed by atoms with Crippen LogP contribution in [0.4, 0.5) is 0 Å². The Morgan fingerprint density at radius 1 is 1.10 bits per heavy atom. The van der Waals surface area contributed by atoms with Crippen LogP contribution in [-0.4, -0.2) is 28.2 Å². The number of carbonyl (C=O) groups excluding carboxylic acids is 1. The highest BCUT2D eigenvalue weighted by Crippen LogP contribution is 2.37. The molecule has 0 spiro atoms. The lowest BCUT2D eigenvalue weighted by molar-refractivity contribution is -0.138. The summed E-state index contributed by atoms with van der Waals surface area (Å²) in [6.07, 6.45) is 1.64. The van der Waals surface area contributed by atoms with Crippen LogP contribution in [0.2, 0.25) is 0 Å². The fraction of sp³-hybridized carbons (Fsp3) is 0.125. The van der Waals surface area contributed by atoms with Crippen LogP contribution in [-0.2, 0) is 9.53 Å². The van der Waals surface area contributed by atoms with Gasteiger partial charge < -0.3 is 14.3 Å². The number of aromatic carboxylic acids is 1. The summed E-state index contributed by atoms with van der Waals surface area (Å²) in [6.45, 7) is 3.80. The van der Waals surface area contributed by atoms with Crippen LogP contribution in [0.15, 0.2) is 98.0 Å². The number of benzene rings is 2. The van der Waals surface area contributed by atoms with Gasteiger partial charge in [0.05, 0.1) is 28.0 Å². The summed E-state index contributed by atoms with van der Waals surface area (Å²) in [4.78, 5) is 45.0. The van der Waals surface area contributed by atoms with Gasteiger partial charge in [-0.1, -0.05) is 53.8 Å². The Morgan fingerprint density at radius 3 is 2.62 bits per heavy atom. The highest BCUT2D eigenvalue weighted by molar-refractivity contribution is 7.10. The maximum atomic E-state index is 13.9. The lowest BCUT2D eigenvalue weighted by Crippen LogP contribution is -2.39. The molecular formula is C32H24N2O6S2. The smallest absolute Gasteiger partial charge is 0.338 e. The second kappa shape index (κ2) is 11.2. The maximum Gasteiger partial charge on any atom is 0.338 e. The summed E-state index contributed by atoms with van der Waals surface area (Å²) in [5.41, 5.74) is 2.87. The number of ether oxygens (including phenoxy) is 1. The Bertz CT molecular complexity index is 2030. The third-order valence-corrected chi connectivity index (χ3v) is 8.74. The molecule has 1 N–H and O–H groups in total. The SMILES string of the molecule is CCOC(=O)C1=C(c2ccccc2)N=c2s/c(=C\c3ccc(-c4cc(C(=O)O)ccc4C)o3)c(=O)n2[C@@H]1c1cccs1. The molecule has 0 aliphatic carbocycles. The third-order valence-electron chi connectivity index (χ3n) is 6.84. The van der Waals surface area contributed by atoms with E-state index in [2.05, 4.69) is 0 Å². The van der Waals surface area contributed by atoms with E-state index in [1.165, 1.54) is 22.7 Å². The van der Waals surface area contributed by atoms with Crippen LogP contribution < -0.4 is 14.9 Å². The predicted molar refractivity (Wildman–Crippen MR) is 161 cm³/mol. The largest absolute Gasteiger partial charge is 0.478 e. The van der Waals surface area contributed by atoms with Gasteiger partial charge in [0.1, 0.15) is 17.6 Å². The van der Waals surface area contributed by atoms with Crippen LogP contribution in [0.1, 0.15) is 45.1 Å². The van der Waals surface area contributed by atoms with E-state index in [0.717, 1.165) is 16.0 Å². The van der Waals surface area contributed by atoms with Crippen LogP contribution in [0.25, 0.3) is 23.1 Å². The van der Waals surface area contributed by atoms with Crippen LogP contribution in [0.5, 0.6) is 0 Å². The molecule has 42 heavy (non-hydrogen) atoms. The summed E-state index contributed by atoms with van der Waals surface area (Å²) >= 11 is 2.65. The first kappa shape index (κ1) is 27.4. The number of carboxylic acid groups (broad SMARTS) is 1. The van der Waals surface area contributed by atoms with E-state index in [4.69, 9.17) is 14.1 Å². The number of hydrogen-bond acceptors (Lipinski definition) is 8. The Kier molecular flexibility index (Phi) is 7.32. The number of esters is 1. The van der Waals surface area contributed by atoms with Crippen molar-refractivity contribution in [1.29, 1.82) is 0 Å². The second-order valence-electron chi connectivity index (χ2n) is 9.48. The molecule has 2 aromatic carbocycles. The van der Waals surface area contributed by atoms with Crippen molar-refractivity contribution in [1.82, 2.24) is 4.57 Å². The molecule has 210 valence electrons. The Morgan fingerprint density at radius 2 is 1.90 bits per heavy atom. The number of thiazole rings is 1. The number of rotatable bonds is 7. The first-order valence-corrected chi connectivity index (χ1v) is 14.8. The van der Waals surface area contributed by atoms with E-state index in [1.807, 2.05) is 54.8 Å². The van der Waals surface area contributed by atoms with E-state index in [-0.39, 0.29) is 17.7 Å². The molecule has 8 nitrogen and oxygen atoms in total. The van der Waals surface area contributed by atoms with Gasteiger partial charge in [-0.05, 0) is 55.1 Å². The molecule has 0 saturated heterocycles. The summed E-state index contributed by atoms with van der Waals surface area (Å²) in [5.74, 6) is -0.637. The van der Waals surface area contributed by atoms with E-state index in [0.29, 0.717) is 37.7 Å². The Labute approximate surface area is 247 Å². The number of aryl methyl sites for hydroxylation is 1. The quantitative estimate of drug-likeness (QED) is 0.257. The van der Waals surface area contributed by atoms with Gasteiger partial charge in [-0.25, -0.2) is 14.6 Å². The van der Waals surface area contributed by atoms with Crippen LogP contribution in [0, 0.1) is 6.92 Å². The molecule has 6 rings (SSSR count). The highest BCUT2D eigenvalue weighted by atomic mass is 32.1. The minimum absolute atomic E-state index is 0.155. The van der Waals surface area contributed by atoms with Gasteiger partial charge in [0, 0.05) is 22.1 Å². The van der Waals surface area contributed by atoms with Crippen molar-refractivity contribution in [2.24, 2.45) is 4.99 Å². The minimum atomic E-state index is -1.03. The molecule has 5 aromatic rings. The zero-order chi connectivity index (χ0) is 29.4. The molecule has 1 aliphatic rings. The van der Waals surface area contributed by atoms with E-state index >= 15 is 0 Å². The average molecular weight is 597 g/mol. The van der Waals surface area contributed by atoms with Gasteiger partial charge in [-0.2, -0.15) is 0 Å². The van der Waals surface area contributed by atoms with Gasteiger partial charge in [0.2, 0.25) is 0 Å². The van der Waals surface area contributed by atoms with Gasteiger partial charge in [-0.15, -0.1) is 11.3 Å². The number of fused-ring (bicyclic) bond motifs is 1. The van der Waals surface area contributed by atoms with E-state index in [1.54, 1.807) is 47.9 Å². The van der Waals surface area contributed by atoms with Crippen molar-refractivity contribution in [3.8, 4) is 11.3 Å². The highest BCUT2D eigenvalue weighted by Gasteiger charge is 2.35. The molecule has 1 atom stereocenters. The lowest BCUT2D eigenvalue weighted by atomic mass is 9.97. The number of aromatic nitrogens is 1. The third kappa shape index (κ3) is 4.95. The zero-order valence-electron chi connectivity index (χ0n) is 22.6. The van der Waals surface area contributed by atoms with Crippen molar-refractivity contribution >= 4 is 46.4 Å². The number of carbonyl (C=O) groups is 2. The minimum Gasteiger partial charge on any atom is -0.478 e. The van der Waals surface area contributed by atoms with Gasteiger partial charge in [0.15, 0.2) is 4.80 Å². The Hall–Kier alpha value is -4.80. The molecule has 0 radical (unpaired) electrons. The standard InChI is InChI=1S/C32H24N2O6S2/c1-3-39-31(38)26-27(19-8-5-4-6-9-19)33-32-34(28(26)24-10-7-15-41-24)29(35)25(42-32)17-21-13-14-23(40-21)22-16-20(30(36)37)12-11-18(22)2/h4-17,28H,3H2,1-2H3,(H,36,37)/b25-17-/t28-/m1/s1. The molecule has 0 amide bonds. The van der Waals surface area contributed by atoms with E-state index < -0.39 is 18.0 Å². The fourth-order valence-corrected chi connectivity index (χ4v) is 6.69. The first-order chi connectivity index (χ1) is 20.4. The summed E-state index contributed by atoms with van der Waals surface area (Å²) in [6, 6.07) is 20.8. The molecule has 0 fully saturated rings. The molecule has 0 bridgehead atoms. The van der Waals surface area contributed by atoms with Crippen molar-refractivity contribution in [2.75, 3.05) is 6.61 Å². The van der Waals surface area contributed by atoms with Crippen LogP contribution in [0.3, 0.4) is 0 Å². The van der Waals surface area contributed by atoms with Gasteiger partial charge in [0.25, 0.3) is 5.56 Å². The number of furan rings is 1. The van der Waals surface area contributed by atoms with Crippen molar-refractivity contribution < 1.29 is 23.8 Å². The van der Waals surface area contributed by atoms with Crippen LogP contribution >= 0.6 is 22.7 Å². The molecule has 4 heterocycles. The number of hydrogen-bond donors (Lipinski definition) is 1. The van der Waals surface area contributed by atoms with Crippen molar-refractivity contribution in [3.05, 3.63) is 131 Å². The first-order valence-electron chi connectivity index (χ1n) is 13.1. The molecule has 1 aliphatic heterocycles.